The summed E-state index contributed by atoms with van der Waals surface area (Å²) < 4.78 is 7.64. The zero-order valence-electron chi connectivity index (χ0n) is 22.8. The van der Waals surface area contributed by atoms with Gasteiger partial charge in [0.25, 0.3) is 0 Å². The highest BCUT2D eigenvalue weighted by atomic mass is 16.4. The Labute approximate surface area is 230 Å². The van der Waals surface area contributed by atoms with E-state index >= 15 is 0 Å². The highest BCUT2D eigenvalue weighted by molar-refractivity contribution is 6.08. The van der Waals surface area contributed by atoms with Crippen LogP contribution in [0, 0.1) is 11.3 Å². The number of hydrogen-bond acceptors (Lipinski definition) is 9. The summed E-state index contributed by atoms with van der Waals surface area (Å²) in [6.45, 7) is 5.62. The molecule has 1 aliphatic heterocycles. The van der Waals surface area contributed by atoms with E-state index in [0.29, 0.717) is 22.9 Å². The average Bonchev–Trinajstić information content (AvgIpc) is 3.60. The number of amides is 1. The molecule has 5 heterocycles. The van der Waals surface area contributed by atoms with Crippen molar-refractivity contribution in [2.75, 3.05) is 11.1 Å². The maximum atomic E-state index is 13.3. The number of rotatable bonds is 7. The number of aromatic nitrogens is 6. The summed E-state index contributed by atoms with van der Waals surface area (Å²) >= 11 is 0. The summed E-state index contributed by atoms with van der Waals surface area (Å²) in [6, 6.07) is 3.78. The number of aliphatic carboxylic acids is 1. The first-order chi connectivity index (χ1) is 19.1. The highest BCUT2D eigenvalue weighted by Gasteiger charge is 2.51. The van der Waals surface area contributed by atoms with E-state index in [1.807, 2.05) is 16.8 Å². The van der Waals surface area contributed by atoms with Crippen molar-refractivity contribution < 1.29 is 19.1 Å². The number of carboxylic acid groups (broad SMARTS) is 1. The second-order valence-electron chi connectivity index (χ2n) is 11.7. The first-order valence-electron chi connectivity index (χ1n) is 13.6. The Kier molecular flexibility index (Phi) is 6.08. The molecular formula is C28H32N8O4. The van der Waals surface area contributed by atoms with E-state index in [1.165, 1.54) is 38.4 Å². The fraction of sp³-hybridized carbons (Fsp3) is 0.464. The molecule has 1 amide bonds. The van der Waals surface area contributed by atoms with Crippen LogP contribution in [0.25, 0.3) is 22.6 Å². The number of nitrogens with two attached hydrogens (primary N) is 1. The molecule has 1 unspecified atom stereocenters. The number of carboxylic acids is 1. The fourth-order valence-corrected chi connectivity index (χ4v) is 5.78. The summed E-state index contributed by atoms with van der Waals surface area (Å²) in [5, 5.41) is 18.0. The molecule has 12 heteroatoms. The number of oxazole rings is 1. The van der Waals surface area contributed by atoms with Crippen molar-refractivity contribution in [3.63, 3.8) is 0 Å². The van der Waals surface area contributed by atoms with Gasteiger partial charge in [-0.25, -0.2) is 24.6 Å². The summed E-state index contributed by atoms with van der Waals surface area (Å²) in [6.07, 6.45) is 9.34. The van der Waals surface area contributed by atoms with Crippen molar-refractivity contribution in [1.82, 2.24) is 29.7 Å². The Balaban J connectivity index is 1.37. The van der Waals surface area contributed by atoms with Crippen molar-refractivity contribution in [2.24, 2.45) is 11.3 Å². The predicted octanol–water partition coefficient (Wildman–Crippen LogP) is 3.95. The Morgan fingerprint density at radius 2 is 2.02 bits per heavy atom. The predicted molar refractivity (Wildman–Crippen MR) is 146 cm³/mol. The van der Waals surface area contributed by atoms with Crippen molar-refractivity contribution in [2.45, 2.75) is 71.3 Å². The van der Waals surface area contributed by atoms with Crippen molar-refractivity contribution in [3.8, 4) is 11.5 Å². The molecule has 4 N–H and O–H groups in total. The van der Waals surface area contributed by atoms with Gasteiger partial charge >= 0.3 is 5.97 Å². The Morgan fingerprint density at radius 3 is 2.77 bits per heavy atom. The van der Waals surface area contributed by atoms with Crippen LogP contribution in [0.4, 0.5) is 11.6 Å². The van der Waals surface area contributed by atoms with E-state index in [2.05, 4.69) is 25.3 Å². The van der Waals surface area contributed by atoms with Gasteiger partial charge < -0.3 is 20.6 Å². The van der Waals surface area contributed by atoms with Crippen LogP contribution in [-0.4, -0.2) is 46.7 Å². The monoisotopic (exact) mass is 544 g/mol. The molecule has 4 aromatic heterocycles. The molecule has 1 aliphatic carbocycles. The Morgan fingerprint density at radius 1 is 1.25 bits per heavy atom. The van der Waals surface area contributed by atoms with Crippen LogP contribution in [0.1, 0.15) is 70.0 Å². The molecular weight excluding hydrogens is 512 g/mol. The molecule has 0 aromatic carbocycles. The van der Waals surface area contributed by atoms with Gasteiger partial charge in [-0.2, -0.15) is 5.10 Å². The molecule has 0 bridgehead atoms. The number of anilines is 2. The number of carbonyl (C=O) groups excluding carboxylic acids is 1. The average molecular weight is 545 g/mol. The van der Waals surface area contributed by atoms with Crippen LogP contribution in [0.2, 0.25) is 0 Å². The lowest BCUT2D eigenvalue weighted by Gasteiger charge is -2.21. The largest absolute Gasteiger partial charge is 0.481 e. The topological polar surface area (TPSA) is 175 Å². The van der Waals surface area contributed by atoms with E-state index < -0.39 is 22.7 Å². The summed E-state index contributed by atoms with van der Waals surface area (Å²) in [5.74, 6) is -0.0802. The van der Waals surface area contributed by atoms with Crippen LogP contribution in [0.3, 0.4) is 0 Å². The van der Waals surface area contributed by atoms with Gasteiger partial charge in [0.15, 0.2) is 16.9 Å². The third kappa shape index (κ3) is 4.18. The van der Waals surface area contributed by atoms with Crippen molar-refractivity contribution in [3.05, 3.63) is 41.7 Å². The fourth-order valence-electron chi connectivity index (χ4n) is 5.78. The van der Waals surface area contributed by atoms with Crippen LogP contribution in [0.5, 0.6) is 0 Å². The third-order valence-corrected chi connectivity index (χ3v) is 8.18. The van der Waals surface area contributed by atoms with Gasteiger partial charge in [-0.1, -0.05) is 19.3 Å². The van der Waals surface area contributed by atoms with Gasteiger partial charge in [-0.3, -0.25) is 9.59 Å². The SMILES string of the molecule is CC(C)(Cc1coc(C2(C)C(=O)Nc3nc(-c4nn(CC5CCCCC5)c5ncccc45)nc(N)c32)n1)C(=O)O. The molecule has 1 fully saturated rings. The standard InChI is InChI=1S/C28H32N8O4/c1-27(2,26(38)39)12-16-14-40-25(31-16)28(3)18-20(29)32-22(33-21(18)34-24(28)37)19-17-10-7-11-30-23(17)36(35-19)13-15-8-5-4-6-9-15/h7,10-11,14-15H,4-6,8-9,12-13H2,1-3H3,(H,38,39)(H3,29,32,33,34,37). The van der Waals surface area contributed by atoms with E-state index in [0.717, 1.165) is 17.6 Å². The van der Waals surface area contributed by atoms with E-state index in [1.54, 1.807) is 27.0 Å². The maximum absolute atomic E-state index is 13.3. The highest BCUT2D eigenvalue weighted by Crippen LogP contribution is 2.45. The second-order valence-corrected chi connectivity index (χ2v) is 11.7. The van der Waals surface area contributed by atoms with E-state index in [-0.39, 0.29) is 29.8 Å². The molecule has 1 saturated carbocycles. The number of nitrogens with one attached hydrogen (secondary N) is 1. The number of fused-ring (bicyclic) bond motifs is 2. The summed E-state index contributed by atoms with van der Waals surface area (Å²) in [7, 11) is 0. The molecule has 12 nitrogen and oxygen atoms in total. The van der Waals surface area contributed by atoms with Gasteiger partial charge in [0, 0.05) is 19.2 Å². The van der Waals surface area contributed by atoms with Gasteiger partial charge in [-0.15, -0.1) is 0 Å². The Hall–Kier alpha value is -4.35. The van der Waals surface area contributed by atoms with Gasteiger partial charge in [0.2, 0.25) is 11.8 Å². The van der Waals surface area contributed by atoms with E-state index in [9.17, 15) is 14.7 Å². The van der Waals surface area contributed by atoms with Crippen molar-refractivity contribution in [1.29, 1.82) is 0 Å². The van der Waals surface area contributed by atoms with E-state index in [4.69, 9.17) is 15.2 Å². The molecule has 0 radical (unpaired) electrons. The zero-order chi connectivity index (χ0) is 28.2. The van der Waals surface area contributed by atoms with Gasteiger partial charge in [0.1, 0.15) is 23.6 Å². The normalized spacial score (nSPS) is 19.6. The lowest BCUT2D eigenvalue weighted by Crippen LogP contribution is -2.33. The Bertz CT molecular complexity index is 1630. The van der Waals surface area contributed by atoms with Crippen LogP contribution < -0.4 is 11.1 Å². The van der Waals surface area contributed by atoms with Crippen molar-refractivity contribution >= 4 is 34.5 Å². The second kappa shape index (κ2) is 9.39. The van der Waals surface area contributed by atoms with Crippen LogP contribution in [-0.2, 0) is 28.0 Å². The minimum Gasteiger partial charge on any atom is -0.481 e. The number of nitrogen functional groups attached to an aromatic ring is 1. The molecule has 0 spiro atoms. The van der Waals surface area contributed by atoms with Gasteiger partial charge in [0.05, 0.1) is 22.1 Å². The molecule has 0 saturated heterocycles. The lowest BCUT2D eigenvalue weighted by atomic mass is 9.84. The minimum absolute atomic E-state index is 0.0920. The molecule has 6 rings (SSSR count). The number of pyridine rings is 1. The number of hydrogen-bond donors (Lipinski definition) is 3. The number of carbonyl (C=O) groups is 2. The maximum Gasteiger partial charge on any atom is 0.309 e. The molecule has 208 valence electrons. The summed E-state index contributed by atoms with van der Waals surface area (Å²) in [5.41, 5.74) is 6.13. The lowest BCUT2D eigenvalue weighted by molar-refractivity contribution is -0.146. The quantitative estimate of drug-likeness (QED) is 0.309. The number of nitrogens with zero attached hydrogens (tertiary/aromatic N) is 6. The molecule has 4 aromatic rings. The smallest absolute Gasteiger partial charge is 0.309 e. The first kappa shape index (κ1) is 25.9. The summed E-state index contributed by atoms with van der Waals surface area (Å²) in [4.78, 5) is 43.3. The first-order valence-corrected chi connectivity index (χ1v) is 13.6. The third-order valence-electron chi connectivity index (χ3n) is 8.18. The zero-order valence-corrected chi connectivity index (χ0v) is 22.8. The van der Waals surface area contributed by atoms with Crippen LogP contribution >= 0.6 is 0 Å². The molecule has 40 heavy (non-hydrogen) atoms. The minimum atomic E-state index is -1.40. The molecule has 2 aliphatic rings. The van der Waals surface area contributed by atoms with Crippen LogP contribution in [0.15, 0.2) is 29.0 Å². The van der Waals surface area contributed by atoms with Gasteiger partial charge in [-0.05, 0) is 51.7 Å². The molecule has 1 atom stereocenters.